The number of hydrogen-bond acceptors (Lipinski definition) is 6. The summed E-state index contributed by atoms with van der Waals surface area (Å²) in [6.07, 6.45) is 0. The van der Waals surface area contributed by atoms with Gasteiger partial charge in [0.05, 0.1) is 12.8 Å². The lowest BCUT2D eigenvalue weighted by Crippen LogP contribution is -2.05. The number of ether oxygens (including phenoxy) is 2. The minimum atomic E-state index is 0.329. The predicted octanol–water partition coefficient (Wildman–Crippen LogP) is 3.11. The third-order valence-electron chi connectivity index (χ3n) is 2.66. The Labute approximate surface area is 131 Å². The summed E-state index contributed by atoms with van der Waals surface area (Å²) in [4.78, 5) is 8.51. The quantitative estimate of drug-likeness (QED) is 0.830. The van der Waals surface area contributed by atoms with E-state index in [1.165, 1.54) is 0 Å². The average Bonchev–Trinajstić information content (AvgIpc) is 2.47. The maximum absolute atomic E-state index is 5.80. The molecule has 0 aliphatic carbocycles. The number of aromatic nitrogens is 2. The van der Waals surface area contributed by atoms with Crippen LogP contribution in [-0.4, -0.2) is 23.7 Å². The molecule has 0 saturated heterocycles. The van der Waals surface area contributed by atoms with Crippen LogP contribution in [0.15, 0.2) is 28.7 Å². The van der Waals surface area contributed by atoms with Crippen molar-refractivity contribution in [3.05, 3.63) is 34.6 Å². The lowest BCUT2D eigenvalue weighted by molar-refractivity contribution is 0.128. The van der Waals surface area contributed by atoms with Gasteiger partial charge >= 0.3 is 0 Å². The van der Waals surface area contributed by atoms with Crippen molar-refractivity contribution in [2.75, 3.05) is 24.8 Å². The van der Waals surface area contributed by atoms with Gasteiger partial charge in [-0.3, -0.25) is 0 Å². The molecule has 0 bridgehead atoms. The molecule has 0 spiro atoms. The van der Waals surface area contributed by atoms with E-state index < -0.39 is 0 Å². The van der Waals surface area contributed by atoms with Crippen molar-refractivity contribution in [2.45, 2.75) is 13.5 Å². The minimum Gasteiger partial charge on any atom is -0.497 e. The Morgan fingerprint density at radius 2 is 2.10 bits per heavy atom. The van der Waals surface area contributed by atoms with E-state index in [0.717, 1.165) is 15.9 Å². The minimum absolute atomic E-state index is 0.329. The normalized spacial score (nSPS) is 10.4. The van der Waals surface area contributed by atoms with Gasteiger partial charge in [0.1, 0.15) is 24.0 Å². The Morgan fingerprint density at radius 1 is 1.29 bits per heavy atom. The SMILES string of the molecule is CCOCc1nc(N)cc(Nc2cc(OC)ccc2Br)n1. The monoisotopic (exact) mass is 352 g/mol. The van der Waals surface area contributed by atoms with Crippen LogP contribution in [0.5, 0.6) is 5.75 Å². The van der Waals surface area contributed by atoms with Gasteiger partial charge in [-0.05, 0) is 35.0 Å². The number of rotatable bonds is 6. The van der Waals surface area contributed by atoms with E-state index >= 15 is 0 Å². The number of methoxy groups -OCH3 is 1. The van der Waals surface area contributed by atoms with Crippen molar-refractivity contribution in [2.24, 2.45) is 0 Å². The lowest BCUT2D eigenvalue weighted by Gasteiger charge is -2.11. The average molecular weight is 353 g/mol. The third-order valence-corrected chi connectivity index (χ3v) is 3.36. The van der Waals surface area contributed by atoms with Gasteiger partial charge in [-0.2, -0.15) is 0 Å². The van der Waals surface area contributed by atoms with E-state index in [0.29, 0.717) is 30.7 Å². The number of nitrogens with two attached hydrogens (primary N) is 1. The van der Waals surface area contributed by atoms with Crippen LogP contribution in [0.25, 0.3) is 0 Å². The molecule has 0 atom stereocenters. The van der Waals surface area contributed by atoms with Crippen LogP contribution in [0.2, 0.25) is 0 Å². The van der Waals surface area contributed by atoms with Gasteiger partial charge < -0.3 is 20.5 Å². The maximum Gasteiger partial charge on any atom is 0.158 e. The molecular formula is C14H17BrN4O2. The molecule has 6 nitrogen and oxygen atoms in total. The molecule has 1 aromatic carbocycles. The zero-order valence-electron chi connectivity index (χ0n) is 11.9. The molecule has 0 fully saturated rings. The Balaban J connectivity index is 2.24. The smallest absolute Gasteiger partial charge is 0.158 e. The fourth-order valence-electron chi connectivity index (χ4n) is 1.70. The first-order valence-electron chi connectivity index (χ1n) is 6.44. The second-order valence-corrected chi connectivity index (χ2v) is 5.06. The molecule has 2 rings (SSSR count). The summed E-state index contributed by atoms with van der Waals surface area (Å²) in [5, 5.41) is 3.19. The number of anilines is 3. The molecule has 0 unspecified atom stereocenters. The van der Waals surface area contributed by atoms with Gasteiger partial charge in [0, 0.05) is 23.2 Å². The molecule has 0 aliphatic rings. The standard InChI is InChI=1S/C14H17BrN4O2/c1-3-21-8-14-18-12(16)7-13(19-14)17-11-6-9(20-2)4-5-10(11)15/h4-7H,3,8H2,1-2H3,(H3,16,17,18,19). The molecule has 0 amide bonds. The van der Waals surface area contributed by atoms with Crippen LogP contribution >= 0.6 is 15.9 Å². The molecule has 2 aromatic rings. The Morgan fingerprint density at radius 3 is 2.81 bits per heavy atom. The van der Waals surface area contributed by atoms with E-state index in [-0.39, 0.29) is 0 Å². The summed E-state index contributed by atoms with van der Waals surface area (Å²) < 4.78 is 11.4. The summed E-state index contributed by atoms with van der Waals surface area (Å²) in [5.41, 5.74) is 6.62. The molecular weight excluding hydrogens is 336 g/mol. The van der Waals surface area contributed by atoms with Gasteiger partial charge in [0.15, 0.2) is 5.82 Å². The maximum atomic E-state index is 5.80. The first-order chi connectivity index (χ1) is 10.1. The van der Waals surface area contributed by atoms with Gasteiger partial charge in [-0.15, -0.1) is 0 Å². The van der Waals surface area contributed by atoms with E-state index in [2.05, 4.69) is 31.2 Å². The van der Waals surface area contributed by atoms with Crippen molar-refractivity contribution >= 4 is 33.3 Å². The summed E-state index contributed by atoms with van der Waals surface area (Å²) >= 11 is 3.48. The van der Waals surface area contributed by atoms with Crippen molar-refractivity contribution in [3.63, 3.8) is 0 Å². The molecule has 0 saturated carbocycles. The van der Waals surface area contributed by atoms with Crippen molar-refractivity contribution in [3.8, 4) is 5.75 Å². The Hall–Kier alpha value is -1.86. The highest BCUT2D eigenvalue weighted by Crippen LogP contribution is 2.29. The van der Waals surface area contributed by atoms with E-state index in [1.807, 2.05) is 25.1 Å². The molecule has 0 radical (unpaired) electrons. The summed E-state index contributed by atoms with van der Waals surface area (Å²) in [7, 11) is 1.62. The summed E-state index contributed by atoms with van der Waals surface area (Å²) in [5.74, 6) is 2.28. The van der Waals surface area contributed by atoms with Crippen LogP contribution in [0.3, 0.4) is 0 Å². The van der Waals surface area contributed by atoms with Crippen LogP contribution in [0.4, 0.5) is 17.3 Å². The molecule has 7 heteroatoms. The van der Waals surface area contributed by atoms with E-state index in [4.69, 9.17) is 15.2 Å². The topological polar surface area (TPSA) is 82.3 Å². The zero-order valence-corrected chi connectivity index (χ0v) is 13.5. The van der Waals surface area contributed by atoms with Crippen molar-refractivity contribution in [1.29, 1.82) is 0 Å². The molecule has 1 aromatic heterocycles. The highest BCUT2D eigenvalue weighted by atomic mass is 79.9. The van der Waals surface area contributed by atoms with Gasteiger partial charge in [-0.1, -0.05) is 0 Å². The van der Waals surface area contributed by atoms with Crippen LogP contribution in [0, 0.1) is 0 Å². The van der Waals surface area contributed by atoms with Gasteiger partial charge in [-0.25, -0.2) is 9.97 Å². The third kappa shape index (κ3) is 4.30. The summed E-state index contributed by atoms with van der Waals surface area (Å²) in [6.45, 7) is 2.84. The summed E-state index contributed by atoms with van der Waals surface area (Å²) in [6, 6.07) is 7.29. The fourth-order valence-corrected chi connectivity index (χ4v) is 2.05. The van der Waals surface area contributed by atoms with Crippen molar-refractivity contribution in [1.82, 2.24) is 9.97 Å². The Bertz CT molecular complexity index is 622. The Kier molecular flexibility index (Phi) is 5.35. The second-order valence-electron chi connectivity index (χ2n) is 4.20. The number of nitrogens with zero attached hydrogens (tertiary/aromatic N) is 2. The highest BCUT2D eigenvalue weighted by Gasteiger charge is 2.07. The zero-order chi connectivity index (χ0) is 15.2. The second kappa shape index (κ2) is 7.24. The van der Waals surface area contributed by atoms with Gasteiger partial charge in [0.2, 0.25) is 0 Å². The van der Waals surface area contributed by atoms with Crippen LogP contribution < -0.4 is 15.8 Å². The van der Waals surface area contributed by atoms with Crippen molar-refractivity contribution < 1.29 is 9.47 Å². The number of hydrogen-bond donors (Lipinski definition) is 2. The molecule has 21 heavy (non-hydrogen) atoms. The largest absolute Gasteiger partial charge is 0.497 e. The lowest BCUT2D eigenvalue weighted by atomic mass is 10.3. The predicted molar refractivity (Wildman–Crippen MR) is 85.8 cm³/mol. The first-order valence-corrected chi connectivity index (χ1v) is 7.23. The van der Waals surface area contributed by atoms with Crippen LogP contribution in [0.1, 0.15) is 12.7 Å². The molecule has 3 N–H and O–H groups in total. The number of halogens is 1. The highest BCUT2D eigenvalue weighted by molar-refractivity contribution is 9.10. The number of benzene rings is 1. The molecule has 0 aliphatic heterocycles. The fraction of sp³-hybridized carbons (Fsp3) is 0.286. The van der Waals surface area contributed by atoms with E-state index in [9.17, 15) is 0 Å². The molecule has 1 heterocycles. The number of nitrogens with one attached hydrogen (secondary N) is 1. The van der Waals surface area contributed by atoms with E-state index in [1.54, 1.807) is 13.2 Å². The molecule has 112 valence electrons. The number of nitrogen functional groups attached to an aromatic ring is 1. The van der Waals surface area contributed by atoms with Crippen LogP contribution in [-0.2, 0) is 11.3 Å². The first kappa shape index (κ1) is 15.5. The van der Waals surface area contributed by atoms with Gasteiger partial charge in [0.25, 0.3) is 0 Å².